The van der Waals surface area contributed by atoms with Crippen LogP contribution < -0.4 is 10.0 Å². The Morgan fingerprint density at radius 3 is 2.52 bits per heavy atom. The van der Waals surface area contributed by atoms with E-state index in [1.165, 1.54) is 11.8 Å². The molecule has 1 aromatic heterocycles. The van der Waals surface area contributed by atoms with Crippen molar-refractivity contribution in [2.24, 2.45) is 0 Å². The van der Waals surface area contributed by atoms with Gasteiger partial charge in [0.15, 0.2) is 0 Å². The number of anilines is 3. The van der Waals surface area contributed by atoms with Crippen LogP contribution >= 0.6 is 0 Å². The number of nitrogens with one attached hydrogen (secondary N) is 2. The number of nitrogens with zero attached hydrogens (tertiary/aromatic N) is 1. The lowest BCUT2D eigenvalue weighted by atomic mass is 10.1. The molecule has 23 heavy (non-hydrogen) atoms. The molecule has 0 radical (unpaired) electrons. The molecule has 124 valence electrons. The molecule has 2 N–H and O–H groups in total. The molecule has 6 heteroatoms. The fraction of sp³-hybridized carbons (Fsp3) is 0.353. The third kappa shape index (κ3) is 4.69. The fourth-order valence-corrected chi connectivity index (χ4v) is 3.48. The molecule has 0 saturated carbocycles. The molecule has 0 aliphatic carbocycles. The van der Waals surface area contributed by atoms with Gasteiger partial charge in [-0.05, 0) is 43.0 Å². The number of hydrogen-bond donors (Lipinski definition) is 2. The third-order valence-electron chi connectivity index (χ3n) is 3.50. The quantitative estimate of drug-likeness (QED) is 0.807. The summed E-state index contributed by atoms with van der Waals surface area (Å²) >= 11 is 0. The molecule has 0 fully saturated rings. The van der Waals surface area contributed by atoms with E-state index < -0.39 is 10.0 Å². The summed E-state index contributed by atoms with van der Waals surface area (Å²) in [5.41, 5.74) is 3.91. The highest BCUT2D eigenvalue weighted by Gasteiger charge is 2.09. The van der Waals surface area contributed by atoms with Crippen LogP contribution in [0.3, 0.4) is 0 Å². The molecule has 0 unspecified atom stereocenters. The first-order valence-electron chi connectivity index (χ1n) is 7.77. The second kappa shape index (κ2) is 7.46. The summed E-state index contributed by atoms with van der Waals surface area (Å²) in [6.07, 6.45) is 3.04. The summed E-state index contributed by atoms with van der Waals surface area (Å²) in [6.45, 7) is 5.99. The molecule has 2 rings (SSSR count). The monoisotopic (exact) mass is 333 g/mol. The summed E-state index contributed by atoms with van der Waals surface area (Å²) in [7, 11) is -3.28. The van der Waals surface area contributed by atoms with Gasteiger partial charge in [0.2, 0.25) is 10.0 Å². The van der Waals surface area contributed by atoms with Crippen LogP contribution in [-0.4, -0.2) is 19.2 Å². The molecule has 0 saturated heterocycles. The smallest absolute Gasteiger partial charge is 0.232 e. The Morgan fingerprint density at radius 2 is 1.91 bits per heavy atom. The van der Waals surface area contributed by atoms with E-state index in [1.807, 2.05) is 13.0 Å². The van der Waals surface area contributed by atoms with Gasteiger partial charge in [0, 0.05) is 5.69 Å². The number of pyridine rings is 1. The molecular weight excluding hydrogens is 310 g/mol. The molecule has 0 atom stereocenters. The van der Waals surface area contributed by atoms with E-state index in [0.29, 0.717) is 17.9 Å². The van der Waals surface area contributed by atoms with E-state index in [2.05, 4.69) is 41.0 Å². The highest BCUT2D eigenvalue weighted by atomic mass is 32.2. The van der Waals surface area contributed by atoms with E-state index in [4.69, 9.17) is 0 Å². The van der Waals surface area contributed by atoms with Gasteiger partial charge in [-0.3, -0.25) is 4.72 Å². The van der Waals surface area contributed by atoms with Crippen molar-refractivity contribution in [2.45, 2.75) is 33.6 Å². The number of sulfonamides is 1. The van der Waals surface area contributed by atoms with Crippen molar-refractivity contribution in [1.82, 2.24) is 4.98 Å². The number of hydrogen-bond acceptors (Lipinski definition) is 4. The van der Waals surface area contributed by atoms with Gasteiger partial charge in [0.05, 0.1) is 17.6 Å². The van der Waals surface area contributed by atoms with Crippen LogP contribution in [0.25, 0.3) is 0 Å². The van der Waals surface area contributed by atoms with Gasteiger partial charge in [-0.2, -0.15) is 0 Å². The lowest BCUT2D eigenvalue weighted by molar-refractivity contribution is 0.600. The zero-order chi connectivity index (χ0) is 16.9. The van der Waals surface area contributed by atoms with Crippen LogP contribution in [-0.2, 0) is 16.4 Å². The summed E-state index contributed by atoms with van der Waals surface area (Å²) in [6, 6.07) is 9.66. The summed E-state index contributed by atoms with van der Waals surface area (Å²) in [5.74, 6) is 0.795. The largest absolute Gasteiger partial charge is 0.340 e. The Labute approximate surface area is 138 Å². The van der Waals surface area contributed by atoms with E-state index in [9.17, 15) is 8.42 Å². The fourth-order valence-electron chi connectivity index (χ4n) is 2.36. The highest BCUT2D eigenvalue weighted by molar-refractivity contribution is 7.92. The molecular formula is C17H23N3O2S. The van der Waals surface area contributed by atoms with Crippen molar-refractivity contribution >= 4 is 27.2 Å². The molecule has 0 bridgehead atoms. The van der Waals surface area contributed by atoms with E-state index >= 15 is 0 Å². The average Bonchev–Trinajstić information content (AvgIpc) is 2.50. The van der Waals surface area contributed by atoms with Crippen molar-refractivity contribution in [2.75, 3.05) is 15.8 Å². The summed E-state index contributed by atoms with van der Waals surface area (Å²) in [4.78, 5) is 4.30. The summed E-state index contributed by atoms with van der Waals surface area (Å²) in [5, 5.41) is 3.32. The minimum Gasteiger partial charge on any atom is -0.340 e. The second-order valence-electron chi connectivity index (χ2n) is 5.44. The van der Waals surface area contributed by atoms with Crippen molar-refractivity contribution in [3.63, 3.8) is 0 Å². The van der Waals surface area contributed by atoms with Crippen LogP contribution in [0.15, 0.2) is 36.5 Å². The average molecular weight is 333 g/mol. The normalized spacial score (nSPS) is 11.3. The number of aryl methyl sites for hydroxylation is 2. The minimum absolute atomic E-state index is 0.107. The third-order valence-corrected chi connectivity index (χ3v) is 5.00. The maximum atomic E-state index is 11.7. The standard InChI is InChI=1S/C17H23N3O2S/c1-4-11-23(21,22)20-15-9-10-16(18-12-15)19-17-13(3)7-6-8-14(17)5-2/h6-10,12,20H,4-5,11H2,1-3H3,(H,18,19). The van der Waals surface area contributed by atoms with Gasteiger partial charge in [-0.25, -0.2) is 13.4 Å². The lowest BCUT2D eigenvalue weighted by Crippen LogP contribution is -2.16. The first-order valence-corrected chi connectivity index (χ1v) is 9.42. The zero-order valence-corrected chi connectivity index (χ0v) is 14.6. The Morgan fingerprint density at radius 1 is 1.13 bits per heavy atom. The van der Waals surface area contributed by atoms with Crippen LogP contribution in [0, 0.1) is 6.92 Å². The predicted octanol–water partition coefficient (Wildman–Crippen LogP) is 3.85. The van der Waals surface area contributed by atoms with Gasteiger partial charge in [-0.1, -0.05) is 32.0 Å². The zero-order valence-electron chi connectivity index (χ0n) is 13.8. The molecule has 0 spiro atoms. The first kappa shape index (κ1) is 17.3. The van der Waals surface area contributed by atoms with Gasteiger partial charge in [-0.15, -0.1) is 0 Å². The van der Waals surface area contributed by atoms with Gasteiger partial charge >= 0.3 is 0 Å². The van der Waals surface area contributed by atoms with Gasteiger partial charge in [0.25, 0.3) is 0 Å². The first-order chi connectivity index (χ1) is 10.9. The molecule has 0 amide bonds. The molecule has 0 aliphatic rings. The minimum atomic E-state index is -3.28. The number of aromatic nitrogens is 1. The van der Waals surface area contributed by atoms with Crippen LogP contribution in [0.5, 0.6) is 0 Å². The van der Waals surface area contributed by atoms with E-state index in [0.717, 1.165) is 17.7 Å². The van der Waals surface area contributed by atoms with Crippen molar-refractivity contribution < 1.29 is 8.42 Å². The molecule has 1 aromatic carbocycles. The number of benzene rings is 1. The van der Waals surface area contributed by atoms with Crippen molar-refractivity contribution in [1.29, 1.82) is 0 Å². The summed E-state index contributed by atoms with van der Waals surface area (Å²) < 4.78 is 26.0. The predicted molar refractivity (Wildman–Crippen MR) is 95.8 cm³/mol. The SMILES string of the molecule is CCCS(=O)(=O)Nc1ccc(Nc2c(C)cccc2CC)nc1. The van der Waals surface area contributed by atoms with Crippen molar-refractivity contribution in [3.8, 4) is 0 Å². The Balaban J connectivity index is 2.15. The topological polar surface area (TPSA) is 71.1 Å². The highest BCUT2D eigenvalue weighted by Crippen LogP contribution is 2.25. The maximum absolute atomic E-state index is 11.7. The molecule has 1 heterocycles. The van der Waals surface area contributed by atoms with Crippen LogP contribution in [0.4, 0.5) is 17.2 Å². The van der Waals surface area contributed by atoms with Gasteiger partial charge in [0.1, 0.15) is 5.82 Å². The number of rotatable bonds is 7. The maximum Gasteiger partial charge on any atom is 0.232 e. The Bertz CT molecular complexity index is 756. The number of para-hydroxylation sites is 1. The van der Waals surface area contributed by atoms with Crippen LogP contribution in [0.1, 0.15) is 31.4 Å². The van der Waals surface area contributed by atoms with E-state index in [-0.39, 0.29) is 5.75 Å². The Kier molecular flexibility index (Phi) is 5.60. The van der Waals surface area contributed by atoms with E-state index in [1.54, 1.807) is 12.1 Å². The van der Waals surface area contributed by atoms with Gasteiger partial charge < -0.3 is 5.32 Å². The Hall–Kier alpha value is -2.08. The molecule has 0 aliphatic heterocycles. The van der Waals surface area contributed by atoms with Crippen LogP contribution in [0.2, 0.25) is 0 Å². The second-order valence-corrected chi connectivity index (χ2v) is 7.28. The molecule has 5 nitrogen and oxygen atoms in total. The molecule has 2 aromatic rings. The lowest BCUT2D eigenvalue weighted by Gasteiger charge is -2.14. The van der Waals surface area contributed by atoms with Crippen molar-refractivity contribution in [3.05, 3.63) is 47.7 Å².